The van der Waals surface area contributed by atoms with Gasteiger partial charge in [-0.15, -0.1) is 0 Å². The van der Waals surface area contributed by atoms with Gasteiger partial charge in [0.15, 0.2) is 0 Å². The lowest BCUT2D eigenvalue weighted by molar-refractivity contribution is -0.115. The standard InChI is InChI=1S/C23H21FN4O2/c1-15-5-6-16(14-26-15)3-2-4-22(29)27-19-10-7-17(8-11-19)23(30)28-21-12-9-18(24)13-20(21)25/h2-3,5-14H,4,25H2,1H3,(H,27,29)(H,28,30)/b3-2+. The van der Waals surface area contributed by atoms with Crippen LogP contribution in [0.5, 0.6) is 0 Å². The van der Waals surface area contributed by atoms with E-state index in [0.717, 1.165) is 17.3 Å². The molecule has 0 saturated carbocycles. The van der Waals surface area contributed by atoms with Gasteiger partial charge in [-0.25, -0.2) is 4.39 Å². The van der Waals surface area contributed by atoms with Crippen molar-refractivity contribution in [1.29, 1.82) is 0 Å². The van der Waals surface area contributed by atoms with Gasteiger partial charge < -0.3 is 16.4 Å². The van der Waals surface area contributed by atoms with Crippen molar-refractivity contribution in [3.05, 3.63) is 89.5 Å². The minimum Gasteiger partial charge on any atom is -0.397 e. The Morgan fingerprint density at radius 2 is 1.83 bits per heavy atom. The smallest absolute Gasteiger partial charge is 0.255 e. The molecule has 0 atom stereocenters. The summed E-state index contributed by atoms with van der Waals surface area (Å²) in [5, 5.41) is 5.40. The van der Waals surface area contributed by atoms with Crippen LogP contribution in [0.25, 0.3) is 6.08 Å². The third kappa shape index (κ3) is 5.75. The summed E-state index contributed by atoms with van der Waals surface area (Å²) in [6, 6.07) is 14.0. The molecule has 0 aliphatic rings. The fourth-order valence-corrected chi connectivity index (χ4v) is 2.64. The van der Waals surface area contributed by atoms with E-state index in [0.29, 0.717) is 16.9 Å². The van der Waals surface area contributed by atoms with Crippen LogP contribution >= 0.6 is 0 Å². The predicted molar refractivity (Wildman–Crippen MR) is 116 cm³/mol. The Balaban J connectivity index is 1.53. The first-order chi connectivity index (χ1) is 14.4. The summed E-state index contributed by atoms with van der Waals surface area (Å²) in [5.41, 5.74) is 8.97. The minimum absolute atomic E-state index is 0.140. The summed E-state index contributed by atoms with van der Waals surface area (Å²) in [5.74, 6) is -1.04. The number of anilines is 3. The van der Waals surface area contributed by atoms with Crippen molar-refractivity contribution in [3.8, 4) is 0 Å². The molecule has 152 valence electrons. The van der Waals surface area contributed by atoms with Gasteiger partial charge in [0.05, 0.1) is 11.4 Å². The van der Waals surface area contributed by atoms with Crippen molar-refractivity contribution < 1.29 is 14.0 Å². The number of nitrogens with zero attached hydrogens (tertiary/aromatic N) is 1. The molecule has 0 fully saturated rings. The number of pyridine rings is 1. The van der Waals surface area contributed by atoms with Gasteiger partial charge in [-0.05, 0) is 61.0 Å². The van der Waals surface area contributed by atoms with Gasteiger partial charge in [-0.3, -0.25) is 14.6 Å². The number of benzene rings is 2. The number of hydrogen-bond donors (Lipinski definition) is 3. The van der Waals surface area contributed by atoms with E-state index >= 15 is 0 Å². The van der Waals surface area contributed by atoms with E-state index < -0.39 is 5.82 Å². The molecule has 1 aromatic heterocycles. The fraction of sp³-hybridized carbons (Fsp3) is 0.0870. The lowest BCUT2D eigenvalue weighted by Gasteiger charge is -2.09. The predicted octanol–water partition coefficient (Wildman–Crippen LogP) is 4.41. The molecule has 3 aromatic rings. The molecular formula is C23H21FN4O2. The normalized spacial score (nSPS) is 10.7. The molecule has 0 spiro atoms. The van der Waals surface area contributed by atoms with Crippen LogP contribution in [0.2, 0.25) is 0 Å². The summed E-state index contributed by atoms with van der Waals surface area (Å²) in [6.45, 7) is 1.91. The van der Waals surface area contributed by atoms with E-state index in [-0.39, 0.29) is 23.9 Å². The number of nitrogens with one attached hydrogen (secondary N) is 2. The number of aryl methyl sites for hydroxylation is 1. The zero-order chi connectivity index (χ0) is 21.5. The van der Waals surface area contributed by atoms with Crippen molar-refractivity contribution >= 4 is 35.0 Å². The second kappa shape index (κ2) is 9.47. The first kappa shape index (κ1) is 20.7. The van der Waals surface area contributed by atoms with Gasteiger partial charge in [0.1, 0.15) is 5.82 Å². The second-order valence-corrected chi connectivity index (χ2v) is 6.65. The first-order valence-corrected chi connectivity index (χ1v) is 9.26. The molecule has 0 aliphatic carbocycles. The highest BCUT2D eigenvalue weighted by atomic mass is 19.1. The van der Waals surface area contributed by atoms with Gasteiger partial charge >= 0.3 is 0 Å². The van der Waals surface area contributed by atoms with Gasteiger partial charge in [0.2, 0.25) is 5.91 Å². The van der Waals surface area contributed by atoms with Crippen LogP contribution in [0.15, 0.2) is 66.9 Å². The highest BCUT2D eigenvalue weighted by molar-refractivity contribution is 6.06. The number of carbonyl (C=O) groups is 2. The molecule has 30 heavy (non-hydrogen) atoms. The Kier molecular flexibility index (Phi) is 6.54. The van der Waals surface area contributed by atoms with Crippen molar-refractivity contribution in [2.45, 2.75) is 13.3 Å². The number of carbonyl (C=O) groups excluding carboxylic acids is 2. The second-order valence-electron chi connectivity index (χ2n) is 6.65. The SMILES string of the molecule is Cc1ccc(/C=C/CC(=O)Nc2ccc(C(=O)Nc3ccc(F)cc3N)cc2)cn1. The van der Waals surface area contributed by atoms with Gasteiger partial charge in [-0.1, -0.05) is 18.2 Å². The molecule has 7 heteroatoms. The molecule has 2 aromatic carbocycles. The highest BCUT2D eigenvalue weighted by Crippen LogP contribution is 2.20. The molecular weight excluding hydrogens is 383 g/mol. The Bertz CT molecular complexity index is 1080. The molecule has 3 rings (SSSR count). The quantitative estimate of drug-likeness (QED) is 0.530. The molecule has 0 aliphatic heterocycles. The van der Waals surface area contributed by atoms with E-state index in [2.05, 4.69) is 15.6 Å². The van der Waals surface area contributed by atoms with Crippen molar-refractivity contribution in [1.82, 2.24) is 4.98 Å². The third-order valence-corrected chi connectivity index (χ3v) is 4.24. The van der Waals surface area contributed by atoms with Crippen LogP contribution in [-0.2, 0) is 4.79 Å². The minimum atomic E-state index is -0.476. The average molecular weight is 404 g/mol. The monoisotopic (exact) mass is 404 g/mol. The maximum absolute atomic E-state index is 13.1. The van der Waals surface area contributed by atoms with Crippen LogP contribution in [0, 0.1) is 12.7 Å². The lowest BCUT2D eigenvalue weighted by atomic mass is 10.1. The lowest BCUT2D eigenvalue weighted by Crippen LogP contribution is -2.14. The number of hydrogen-bond acceptors (Lipinski definition) is 4. The largest absolute Gasteiger partial charge is 0.397 e. The number of nitrogen functional groups attached to an aromatic ring is 1. The van der Waals surface area contributed by atoms with Gasteiger partial charge in [-0.2, -0.15) is 0 Å². The van der Waals surface area contributed by atoms with E-state index in [4.69, 9.17) is 5.73 Å². The van der Waals surface area contributed by atoms with Crippen LogP contribution in [0.1, 0.15) is 28.0 Å². The van der Waals surface area contributed by atoms with E-state index in [1.165, 1.54) is 12.1 Å². The number of amides is 2. The molecule has 1 heterocycles. The van der Waals surface area contributed by atoms with Crippen molar-refractivity contribution in [2.24, 2.45) is 0 Å². The third-order valence-electron chi connectivity index (χ3n) is 4.24. The molecule has 0 saturated heterocycles. The fourth-order valence-electron chi connectivity index (χ4n) is 2.64. The molecule has 0 bridgehead atoms. The molecule has 0 radical (unpaired) electrons. The van der Waals surface area contributed by atoms with E-state index in [1.807, 2.05) is 25.1 Å². The number of rotatable bonds is 6. The molecule has 6 nitrogen and oxygen atoms in total. The molecule has 4 N–H and O–H groups in total. The van der Waals surface area contributed by atoms with Crippen LogP contribution in [0.3, 0.4) is 0 Å². The maximum atomic E-state index is 13.1. The van der Waals surface area contributed by atoms with E-state index in [1.54, 1.807) is 36.5 Å². The number of nitrogens with two attached hydrogens (primary N) is 1. The zero-order valence-corrected chi connectivity index (χ0v) is 16.4. The summed E-state index contributed by atoms with van der Waals surface area (Å²) in [7, 11) is 0. The summed E-state index contributed by atoms with van der Waals surface area (Å²) in [4.78, 5) is 28.6. The number of aromatic nitrogens is 1. The van der Waals surface area contributed by atoms with Crippen LogP contribution in [0.4, 0.5) is 21.5 Å². The Hall–Kier alpha value is -4.00. The Morgan fingerprint density at radius 3 is 2.50 bits per heavy atom. The average Bonchev–Trinajstić information content (AvgIpc) is 2.72. The summed E-state index contributed by atoms with van der Waals surface area (Å²) in [6.07, 6.45) is 5.55. The Labute approximate surface area is 173 Å². The van der Waals surface area contributed by atoms with Gasteiger partial charge in [0.25, 0.3) is 5.91 Å². The van der Waals surface area contributed by atoms with Crippen LogP contribution < -0.4 is 16.4 Å². The Morgan fingerprint density at radius 1 is 1.07 bits per heavy atom. The highest BCUT2D eigenvalue weighted by Gasteiger charge is 2.09. The summed E-state index contributed by atoms with van der Waals surface area (Å²) < 4.78 is 13.1. The van der Waals surface area contributed by atoms with Crippen LogP contribution in [-0.4, -0.2) is 16.8 Å². The number of halogens is 1. The zero-order valence-electron chi connectivity index (χ0n) is 16.4. The van der Waals surface area contributed by atoms with Crippen molar-refractivity contribution in [3.63, 3.8) is 0 Å². The topological polar surface area (TPSA) is 97.1 Å². The first-order valence-electron chi connectivity index (χ1n) is 9.26. The molecule has 0 unspecified atom stereocenters. The summed E-state index contributed by atoms with van der Waals surface area (Å²) >= 11 is 0. The van der Waals surface area contributed by atoms with Gasteiger partial charge in [0, 0.05) is 29.6 Å². The maximum Gasteiger partial charge on any atom is 0.255 e. The molecule has 2 amide bonds. The van der Waals surface area contributed by atoms with Crippen molar-refractivity contribution in [2.75, 3.05) is 16.4 Å². The van der Waals surface area contributed by atoms with E-state index in [9.17, 15) is 14.0 Å².